The molecular formula is C13H12N4OS2. The van der Waals surface area contributed by atoms with Gasteiger partial charge in [0.05, 0.1) is 16.9 Å². The zero-order valence-corrected chi connectivity index (χ0v) is 12.6. The highest BCUT2D eigenvalue weighted by atomic mass is 32.2. The van der Waals surface area contributed by atoms with Gasteiger partial charge in [-0.05, 0) is 32.0 Å². The molecular weight excluding hydrogens is 292 g/mol. The van der Waals surface area contributed by atoms with Gasteiger partial charge in [0.25, 0.3) is 0 Å². The van der Waals surface area contributed by atoms with E-state index in [1.54, 1.807) is 24.3 Å². The maximum Gasteiger partial charge on any atom is 0.237 e. The largest absolute Gasteiger partial charge is 0.325 e. The van der Waals surface area contributed by atoms with E-state index in [1.165, 1.54) is 23.1 Å². The molecule has 1 N–H and O–H groups in total. The van der Waals surface area contributed by atoms with Gasteiger partial charge in [-0.3, -0.25) is 4.79 Å². The van der Waals surface area contributed by atoms with E-state index in [0.29, 0.717) is 11.3 Å². The maximum absolute atomic E-state index is 12.1. The van der Waals surface area contributed by atoms with Crippen molar-refractivity contribution in [3.63, 3.8) is 0 Å². The van der Waals surface area contributed by atoms with Gasteiger partial charge < -0.3 is 5.32 Å². The van der Waals surface area contributed by atoms with Crippen LogP contribution in [0.5, 0.6) is 0 Å². The summed E-state index contributed by atoms with van der Waals surface area (Å²) in [6.07, 6.45) is 0. The second kappa shape index (κ2) is 6.50. The first-order valence-electron chi connectivity index (χ1n) is 5.86. The molecule has 0 aliphatic heterocycles. The molecule has 1 atom stereocenters. The Morgan fingerprint density at radius 3 is 2.95 bits per heavy atom. The number of anilines is 1. The van der Waals surface area contributed by atoms with Crippen LogP contribution in [0.3, 0.4) is 0 Å². The van der Waals surface area contributed by atoms with Gasteiger partial charge in [-0.2, -0.15) is 5.26 Å². The number of aromatic nitrogens is 2. The number of nitrogens with zero attached hydrogens (tertiary/aromatic N) is 3. The zero-order valence-electron chi connectivity index (χ0n) is 11.0. The smallest absolute Gasteiger partial charge is 0.237 e. The van der Waals surface area contributed by atoms with Gasteiger partial charge in [-0.1, -0.05) is 29.2 Å². The van der Waals surface area contributed by atoms with Gasteiger partial charge in [0.15, 0.2) is 4.34 Å². The molecule has 1 aromatic heterocycles. The molecule has 0 radical (unpaired) electrons. The van der Waals surface area contributed by atoms with Gasteiger partial charge in [0.2, 0.25) is 5.91 Å². The predicted molar refractivity (Wildman–Crippen MR) is 79.8 cm³/mol. The van der Waals surface area contributed by atoms with Crippen molar-refractivity contribution in [1.82, 2.24) is 10.2 Å². The lowest BCUT2D eigenvalue weighted by Crippen LogP contribution is -2.22. The van der Waals surface area contributed by atoms with Crippen LogP contribution in [0.25, 0.3) is 0 Å². The van der Waals surface area contributed by atoms with Crippen LogP contribution >= 0.6 is 23.1 Å². The number of nitriles is 1. The molecule has 20 heavy (non-hydrogen) atoms. The maximum atomic E-state index is 12.1. The summed E-state index contributed by atoms with van der Waals surface area (Å²) in [6, 6.07) is 8.87. The summed E-state index contributed by atoms with van der Waals surface area (Å²) in [5.74, 6) is -0.127. The number of hydrogen-bond donors (Lipinski definition) is 1. The number of aryl methyl sites for hydroxylation is 1. The molecule has 0 unspecified atom stereocenters. The van der Waals surface area contributed by atoms with E-state index in [-0.39, 0.29) is 11.2 Å². The first-order chi connectivity index (χ1) is 9.58. The number of carbonyl (C=O) groups is 1. The SMILES string of the molecule is Cc1nnc(S[C@@H](C)C(=O)Nc2cccc(C#N)c2)s1. The van der Waals surface area contributed by atoms with Crippen LogP contribution in [-0.4, -0.2) is 21.4 Å². The van der Waals surface area contributed by atoms with Crippen LogP contribution < -0.4 is 5.32 Å². The van der Waals surface area contributed by atoms with Gasteiger partial charge in [0, 0.05) is 5.69 Å². The lowest BCUT2D eigenvalue weighted by Gasteiger charge is -2.10. The monoisotopic (exact) mass is 304 g/mol. The highest BCUT2D eigenvalue weighted by molar-refractivity contribution is 8.02. The number of amides is 1. The molecule has 5 nitrogen and oxygen atoms in total. The molecule has 0 bridgehead atoms. The van der Waals surface area contributed by atoms with E-state index >= 15 is 0 Å². The summed E-state index contributed by atoms with van der Waals surface area (Å²) in [5, 5.41) is 20.1. The Hall–Kier alpha value is -1.91. The first-order valence-corrected chi connectivity index (χ1v) is 7.56. The van der Waals surface area contributed by atoms with Crippen molar-refractivity contribution in [2.75, 3.05) is 5.32 Å². The normalized spacial score (nSPS) is 11.7. The van der Waals surface area contributed by atoms with Gasteiger partial charge in [0.1, 0.15) is 5.01 Å². The Bertz CT molecular complexity index is 662. The number of thioether (sulfide) groups is 1. The molecule has 0 aliphatic rings. The third kappa shape index (κ3) is 3.79. The molecule has 2 aromatic rings. The summed E-state index contributed by atoms with van der Waals surface area (Å²) in [4.78, 5) is 12.1. The highest BCUT2D eigenvalue weighted by Crippen LogP contribution is 2.26. The average molecular weight is 304 g/mol. The van der Waals surface area contributed by atoms with Crippen LogP contribution in [0.4, 0.5) is 5.69 Å². The lowest BCUT2D eigenvalue weighted by atomic mass is 10.2. The summed E-state index contributed by atoms with van der Waals surface area (Å²) >= 11 is 2.83. The third-order valence-corrected chi connectivity index (χ3v) is 4.44. The molecule has 0 saturated carbocycles. The van der Waals surface area contributed by atoms with E-state index in [9.17, 15) is 4.79 Å². The molecule has 7 heteroatoms. The lowest BCUT2D eigenvalue weighted by molar-refractivity contribution is -0.115. The summed E-state index contributed by atoms with van der Waals surface area (Å²) < 4.78 is 0.774. The second-order valence-corrected chi connectivity index (χ2v) is 6.80. The number of carbonyl (C=O) groups excluding carboxylic acids is 1. The van der Waals surface area contributed by atoms with Crippen LogP contribution in [0.15, 0.2) is 28.6 Å². The van der Waals surface area contributed by atoms with E-state index in [2.05, 4.69) is 15.5 Å². The Morgan fingerprint density at radius 2 is 2.30 bits per heavy atom. The van der Waals surface area contributed by atoms with Gasteiger partial charge in [-0.15, -0.1) is 10.2 Å². The Labute approximate surface area is 125 Å². The number of benzene rings is 1. The average Bonchev–Trinajstić information content (AvgIpc) is 2.84. The number of nitrogens with one attached hydrogen (secondary N) is 1. The topological polar surface area (TPSA) is 78.7 Å². The van der Waals surface area contributed by atoms with Gasteiger partial charge in [-0.25, -0.2) is 0 Å². The fraction of sp³-hybridized carbons (Fsp3) is 0.231. The van der Waals surface area contributed by atoms with Crippen molar-refractivity contribution < 1.29 is 4.79 Å². The predicted octanol–water partition coefficient (Wildman–Crippen LogP) is 2.84. The Balaban J connectivity index is 1.98. The van der Waals surface area contributed by atoms with Crippen LogP contribution in [-0.2, 0) is 4.79 Å². The minimum atomic E-state index is -0.284. The molecule has 1 aromatic carbocycles. The van der Waals surface area contributed by atoms with Crippen molar-refractivity contribution in [3.05, 3.63) is 34.8 Å². The summed E-state index contributed by atoms with van der Waals surface area (Å²) in [5.41, 5.74) is 1.14. The van der Waals surface area contributed by atoms with Crippen molar-refractivity contribution in [1.29, 1.82) is 5.26 Å². The minimum Gasteiger partial charge on any atom is -0.325 e. The van der Waals surface area contributed by atoms with E-state index in [4.69, 9.17) is 5.26 Å². The number of rotatable bonds is 4. The molecule has 102 valence electrons. The highest BCUT2D eigenvalue weighted by Gasteiger charge is 2.16. The zero-order chi connectivity index (χ0) is 14.5. The fourth-order valence-corrected chi connectivity index (χ4v) is 3.40. The Morgan fingerprint density at radius 1 is 1.50 bits per heavy atom. The van der Waals surface area contributed by atoms with E-state index in [0.717, 1.165) is 9.35 Å². The van der Waals surface area contributed by atoms with Crippen LogP contribution in [0, 0.1) is 18.3 Å². The fourth-order valence-electron chi connectivity index (χ4n) is 1.44. The molecule has 2 rings (SSSR count). The van der Waals surface area contributed by atoms with Gasteiger partial charge >= 0.3 is 0 Å². The van der Waals surface area contributed by atoms with Crippen molar-refractivity contribution >= 4 is 34.7 Å². The molecule has 1 heterocycles. The van der Waals surface area contributed by atoms with Crippen LogP contribution in [0.1, 0.15) is 17.5 Å². The molecule has 0 spiro atoms. The van der Waals surface area contributed by atoms with Crippen LogP contribution in [0.2, 0.25) is 0 Å². The summed E-state index contributed by atoms with van der Waals surface area (Å²) in [7, 11) is 0. The summed E-state index contributed by atoms with van der Waals surface area (Å²) in [6.45, 7) is 3.69. The molecule has 0 aliphatic carbocycles. The van der Waals surface area contributed by atoms with Crippen molar-refractivity contribution in [2.45, 2.75) is 23.4 Å². The standard InChI is InChI=1S/C13H12N4OS2/c1-8(19-13-17-16-9(2)20-13)12(18)15-11-5-3-4-10(6-11)7-14/h3-6,8H,1-2H3,(H,15,18)/t8-/m0/s1. The molecule has 0 saturated heterocycles. The second-order valence-electron chi connectivity index (χ2n) is 4.03. The van der Waals surface area contributed by atoms with E-state index < -0.39 is 0 Å². The number of hydrogen-bond acceptors (Lipinski definition) is 6. The first kappa shape index (κ1) is 14.5. The van der Waals surface area contributed by atoms with E-state index in [1.807, 2.05) is 19.9 Å². The van der Waals surface area contributed by atoms with Crippen molar-refractivity contribution in [2.24, 2.45) is 0 Å². The van der Waals surface area contributed by atoms with Crippen molar-refractivity contribution in [3.8, 4) is 6.07 Å². The third-order valence-electron chi connectivity index (χ3n) is 2.41. The quantitative estimate of drug-likeness (QED) is 0.879. The minimum absolute atomic E-state index is 0.127. The Kier molecular flexibility index (Phi) is 4.71. The molecule has 1 amide bonds. The molecule has 0 fully saturated rings.